The predicted molar refractivity (Wildman–Crippen MR) is 137 cm³/mol. The number of aryl methyl sites for hydroxylation is 2. The Morgan fingerprint density at radius 2 is 2.03 bits per heavy atom. The van der Waals surface area contributed by atoms with Gasteiger partial charge in [0.05, 0.1) is 16.8 Å². The van der Waals surface area contributed by atoms with Gasteiger partial charge in [-0.3, -0.25) is 9.59 Å². The van der Waals surface area contributed by atoms with Gasteiger partial charge in [0.1, 0.15) is 18.9 Å². The number of hydrogen-bond acceptors (Lipinski definition) is 6. The maximum absolute atomic E-state index is 13.5. The Morgan fingerprint density at radius 1 is 1.20 bits per heavy atom. The van der Waals surface area contributed by atoms with Gasteiger partial charge in [0, 0.05) is 29.8 Å². The van der Waals surface area contributed by atoms with Crippen molar-refractivity contribution in [2.45, 2.75) is 46.3 Å². The molecule has 8 heteroatoms. The molecule has 35 heavy (non-hydrogen) atoms. The summed E-state index contributed by atoms with van der Waals surface area (Å²) < 4.78 is 11.6. The van der Waals surface area contributed by atoms with E-state index in [1.165, 1.54) is 0 Å². The van der Waals surface area contributed by atoms with Crippen LogP contribution in [0.5, 0.6) is 5.75 Å². The van der Waals surface area contributed by atoms with E-state index in [0.717, 1.165) is 40.4 Å². The second-order valence-corrected chi connectivity index (χ2v) is 9.85. The molecule has 1 fully saturated rings. The lowest BCUT2D eigenvalue weighted by Gasteiger charge is -2.25. The molecule has 1 saturated heterocycles. The summed E-state index contributed by atoms with van der Waals surface area (Å²) in [7, 11) is 0. The minimum atomic E-state index is -0.239. The third-order valence-electron chi connectivity index (χ3n) is 6.08. The molecule has 1 unspecified atom stereocenters. The molecule has 4 rings (SSSR count). The molecule has 7 nitrogen and oxygen atoms in total. The SMILES string of the molecule is Cc1nc(COc2cccc(C(=O)N(CC(=O)Nc3cccc(C)c3C)CC3CCCO3)c2)cs1. The molecule has 3 aromatic rings. The number of hydrogen-bond donors (Lipinski definition) is 1. The topological polar surface area (TPSA) is 80.8 Å². The van der Waals surface area contributed by atoms with E-state index in [9.17, 15) is 9.59 Å². The lowest BCUT2D eigenvalue weighted by atomic mass is 10.1. The first-order chi connectivity index (χ1) is 16.9. The zero-order valence-electron chi connectivity index (χ0n) is 20.4. The van der Waals surface area contributed by atoms with Crippen LogP contribution in [0.25, 0.3) is 0 Å². The van der Waals surface area contributed by atoms with E-state index in [0.29, 0.717) is 31.1 Å². The molecular weight excluding hydrogens is 462 g/mol. The number of amides is 2. The summed E-state index contributed by atoms with van der Waals surface area (Å²) in [6.07, 6.45) is 1.76. The third-order valence-corrected chi connectivity index (χ3v) is 6.91. The summed E-state index contributed by atoms with van der Waals surface area (Å²) in [5.41, 5.74) is 4.19. The van der Waals surface area contributed by atoms with Crippen molar-refractivity contribution in [2.75, 3.05) is 25.0 Å². The Hall–Kier alpha value is -3.23. The Bertz CT molecular complexity index is 1190. The van der Waals surface area contributed by atoms with Crippen molar-refractivity contribution in [3.63, 3.8) is 0 Å². The number of nitrogens with zero attached hydrogens (tertiary/aromatic N) is 2. The lowest BCUT2D eigenvalue weighted by Crippen LogP contribution is -2.42. The molecule has 0 aliphatic carbocycles. The van der Waals surface area contributed by atoms with Crippen LogP contribution in [0, 0.1) is 20.8 Å². The quantitative estimate of drug-likeness (QED) is 0.458. The number of carbonyl (C=O) groups excluding carboxylic acids is 2. The van der Waals surface area contributed by atoms with E-state index in [2.05, 4.69) is 10.3 Å². The zero-order chi connectivity index (χ0) is 24.8. The summed E-state index contributed by atoms with van der Waals surface area (Å²) in [6.45, 7) is 7.24. The van der Waals surface area contributed by atoms with Crippen molar-refractivity contribution < 1.29 is 19.1 Å². The van der Waals surface area contributed by atoms with Crippen molar-refractivity contribution in [3.8, 4) is 5.75 Å². The maximum Gasteiger partial charge on any atom is 0.254 e. The van der Waals surface area contributed by atoms with Crippen molar-refractivity contribution in [3.05, 3.63) is 75.2 Å². The minimum absolute atomic E-state index is 0.0603. The number of rotatable bonds is 9. The molecule has 1 aliphatic rings. The van der Waals surface area contributed by atoms with E-state index >= 15 is 0 Å². The number of ether oxygens (including phenoxy) is 2. The molecule has 2 amide bonds. The Balaban J connectivity index is 1.46. The summed E-state index contributed by atoms with van der Waals surface area (Å²) in [5.74, 6) is 0.112. The number of aromatic nitrogens is 1. The molecular formula is C27H31N3O4S. The largest absolute Gasteiger partial charge is 0.487 e. The average molecular weight is 494 g/mol. The van der Waals surface area contributed by atoms with E-state index in [-0.39, 0.29) is 24.5 Å². The molecule has 0 bridgehead atoms. The van der Waals surface area contributed by atoms with Crippen LogP contribution in [0.2, 0.25) is 0 Å². The maximum atomic E-state index is 13.5. The van der Waals surface area contributed by atoms with Crippen LogP contribution in [-0.2, 0) is 16.1 Å². The van der Waals surface area contributed by atoms with Gasteiger partial charge in [-0.05, 0) is 69.0 Å². The van der Waals surface area contributed by atoms with Crippen LogP contribution in [0.4, 0.5) is 5.69 Å². The van der Waals surface area contributed by atoms with E-state index in [4.69, 9.17) is 9.47 Å². The summed E-state index contributed by atoms with van der Waals surface area (Å²) in [6, 6.07) is 12.8. The van der Waals surface area contributed by atoms with Crippen LogP contribution < -0.4 is 10.1 Å². The van der Waals surface area contributed by atoms with Crippen molar-refractivity contribution in [2.24, 2.45) is 0 Å². The van der Waals surface area contributed by atoms with Crippen LogP contribution >= 0.6 is 11.3 Å². The molecule has 1 aromatic heterocycles. The molecule has 0 radical (unpaired) electrons. The Kier molecular flexibility index (Phi) is 8.15. The van der Waals surface area contributed by atoms with Gasteiger partial charge in [-0.15, -0.1) is 11.3 Å². The number of thiazole rings is 1. The fraction of sp³-hybridized carbons (Fsp3) is 0.370. The molecule has 0 spiro atoms. The molecule has 2 heterocycles. The van der Waals surface area contributed by atoms with E-state index in [1.807, 2.05) is 50.4 Å². The highest BCUT2D eigenvalue weighted by Gasteiger charge is 2.26. The average Bonchev–Trinajstić information content (AvgIpc) is 3.51. The molecule has 1 aliphatic heterocycles. The van der Waals surface area contributed by atoms with Gasteiger partial charge in [0.2, 0.25) is 5.91 Å². The Labute approximate surface area is 210 Å². The van der Waals surface area contributed by atoms with Gasteiger partial charge in [0.25, 0.3) is 5.91 Å². The Morgan fingerprint density at radius 3 is 2.77 bits per heavy atom. The molecule has 2 aromatic carbocycles. The van der Waals surface area contributed by atoms with Crippen molar-refractivity contribution >= 4 is 28.8 Å². The van der Waals surface area contributed by atoms with E-state index < -0.39 is 0 Å². The third kappa shape index (κ3) is 6.68. The van der Waals surface area contributed by atoms with Gasteiger partial charge >= 0.3 is 0 Å². The fourth-order valence-electron chi connectivity index (χ4n) is 4.04. The van der Waals surface area contributed by atoms with Crippen LogP contribution in [0.1, 0.15) is 45.0 Å². The number of nitrogens with one attached hydrogen (secondary N) is 1. The molecule has 1 N–H and O–H groups in total. The van der Waals surface area contributed by atoms with Gasteiger partial charge in [0.15, 0.2) is 0 Å². The zero-order valence-corrected chi connectivity index (χ0v) is 21.2. The highest BCUT2D eigenvalue weighted by molar-refractivity contribution is 7.09. The van der Waals surface area contributed by atoms with Gasteiger partial charge < -0.3 is 19.7 Å². The number of carbonyl (C=O) groups is 2. The van der Waals surface area contributed by atoms with Crippen LogP contribution in [-0.4, -0.2) is 47.5 Å². The normalized spacial score (nSPS) is 15.1. The number of benzene rings is 2. The highest BCUT2D eigenvalue weighted by Crippen LogP contribution is 2.21. The monoisotopic (exact) mass is 493 g/mol. The minimum Gasteiger partial charge on any atom is -0.487 e. The van der Waals surface area contributed by atoms with Crippen molar-refractivity contribution in [1.29, 1.82) is 0 Å². The highest BCUT2D eigenvalue weighted by atomic mass is 32.1. The fourth-order valence-corrected chi connectivity index (χ4v) is 4.63. The first-order valence-corrected chi connectivity index (χ1v) is 12.7. The predicted octanol–water partition coefficient (Wildman–Crippen LogP) is 4.91. The first kappa shape index (κ1) is 24.9. The van der Waals surface area contributed by atoms with Gasteiger partial charge in [-0.1, -0.05) is 18.2 Å². The summed E-state index contributed by atoms with van der Waals surface area (Å²) in [4.78, 5) is 32.4. The van der Waals surface area contributed by atoms with E-state index in [1.54, 1.807) is 34.4 Å². The summed E-state index contributed by atoms with van der Waals surface area (Å²) in [5, 5.41) is 5.90. The molecule has 184 valence electrons. The molecule has 0 saturated carbocycles. The first-order valence-electron chi connectivity index (χ1n) is 11.8. The number of anilines is 1. The van der Waals surface area contributed by atoms with Gasteiger partial charge in [-0.2, -0.15) is 0 Å². The smallest absolute Gasteiger partial charge is 0.254 e. The van der Waals surface area contributed by atoms with Gasteiger partial charge in [-0.25, -0.2) is 4.98 Å². The second-order valence-electron chi connectivity index (χ2n) is 8.79. The second kappa shape index (κ2) is 11.5. The standard InChI is InChI=1S/C27H31N3O4S/c1-18-7-4-11-25(19(18)2)29-26(31)15-30(14-24-10-6-12-33-24)27(32)21-8-5-9-23(13-21)34-16-22-17-35-20(3)28-22/h4-5,7-9,11,13,17,24H,6,10,12,14-16H2,1-3H3,(H,29,31). The lowest BCUT2D eigenvalue weighted by molar-refractivity contribution is -0.117. The van der Waals surface area contributed by atoms with Crippen LogP contribution in [0.15, 0.2) is 47.8 Å². The molecule has 1 atom stereocenters. The van der Waals surface area contributed by atoms with Crippen LogP contribution in [0.3, 0.4) is 0 Å². The van der Waals surface area contributed by atoms with Crippen molar-refractivity contribution in [1.82, 2.24) is 9.88 Å². The summed E-state index contributed by atoms with van der Waals surface area (Å²) >= 11 is 1.57.